The van der Waals surface area contributed by atoms with Crippen LogP contribution in [-0.2, 0) is 6.54 Å². The molecule has 2 aromatic carbocycles. The van der Waals surface area contributed by atoms with Gasteiger partial charge in [0.05, 0.1) is 12.6 Å². The van der Waals surface area contributed by atoms with Crippen LogP contribution in [0.5, 0.6) is 5.75 Å². The molecule has 0 amide bonds. The molecule has 3 aromatic rings. The summed E-state index contributed by atoms with van der Waals surface area (Å²) >= 11 is 0. The van der Waals surface area contributed by atoms with E-state index in [1.807, 2.05) is 24.4 Å². The van der Waals surface area contributed by atoms with Gasteiger partial charge in [-0.05, 0) is 35.4 Å². The van der Waals surface area contributed by atoms with E-state index in [-0.39, 0.29) is 0 Å². The molecule has 0 aliphatic heterocycles. The molecule has 0 bridgehead atoms. The lowest BCUT2D eigenvalue weighted by Gasteiger charge is -2.10. The largest absolute Gasteiger partial charge is 0.496 e. The van der Waals surface area contributed by atoms with E-state index in [1.165, 1.54) is 0 Å². The molecule has 0 aliphatic rings. The van der Waals surface area contributed by atoms with Crippen LogP contribution in [0.1, 0.15) is 5.56 Å². The van der Waals surface area contributed by atoms with Gasteiger partial charge in [0.1, 0.15) is 5.75 Å². The minimum absolute atomic E-state index is 0.461. The molecule has 0 saturated carbocycles. The Labute approximate surface area is 118 Å². The summed E-state index contributed by atoms with van der Waals surface area (Å²) < 4.78 is 5.30. The lowest BCUT2D eigenvalue weighted by atomic mass is 10.0. The fourth-order valence-electron chi connectivity index (χ4n) is 2.36. The zero-order valence-electron chi connectivity index (χ0n) is 11.3. The third kappa shape index (κ3) is 2.24. The summed E-state index contributed by atoms with van der Waals surface area (Å²) in [5, 5.41) is 1.14. The number of pyridine rings is 1. The second kappa shape index (κ2) is 5.31. The van der Waals surface area contributed by atoms with Gasteiger partial charge in [0.2, 0.25) is 0 Å². The second-order valence-corrected chi connectivity index (χ2v) is 4.64. The number of benzene rings is 2. The van der Waals surface area contributed by atoms with Crippen molar-refractivity contribution in [1.29, 1.82) is 0 Å². The number of nitrogens with two attached hydrogens (primary N) is 1. The Morgan fingerprint density at radius 2 is 1.85 bits per heavy atom. The zero-order valence-corrected chi connectivity index (χ0v) is 11.3. The lowest BCUT2D eigenvalue weighted by Crippen LogP contribution is -2.00. The van der Waals surface area contributed by atoms with Crippen LogP contribution in [0.2, 0.25) is 0 Å². The Morgan fingerprint density at radius 1 is 1.05 bits per heavy atom. The molecule has 0 spiro atoms. The van der Waals surface area contributed by atoms with Crippen molar-refractivity contribution in [2.75, 3.05) is 7.11 Å². The maximum Gasteiger partial charge on any atom is 0.123 e. The van der Waals surface area contributed by atoms with Gasteiger partial charge in [0.25, 0.3) is 0 Å². The average molecular weight is 264 g/mol. The molecule has 1 heterocycles. The van der Waals surface area contributed by atoms with E-state index >= 15 is 0 Å². The topological polar surface area (TPSA) is 48.1 Å². The van der Waals surface area contributed by atoms with Crippen LogP contribution in [0.4, 0.5) is 0 Å². The molecule has 0 unspecified atom stereocenters. The van der Waals surface area contributed by atoms with Gasteiger partial charge < -0.3 is 10.5 Å². The third-order valence-corrected chi connectivity index (χ3v) is 3.44. The van der Waals surface area contributed by atoms with E-state index in [0.29, 0.717) is 6.54 Å². The second-order valence-electron chi connectivity index (χ2n) is 4.64. The summed E-state index contributed by atoms with van der Waals surface area (Å²) in [7, 11) is 1.66. The van der Waals surface area contributed by atoms with Crippen molar-refractivity contribution in [2.24, 2.45) is 5.73 Å². The minimum Gasteiger partial charge on any atom is -0.496 e. The first-order valence-corrected chi connectivity index (χ1v) is 6.54. The van der Waals surface area contributed by atoms with E-state index in [9.17, 15) is 0 Å². The number of aromatic nitrogens is 1. The quantitative estimate of drug-likeness (QED) is 0.789. The van der Waals surface area contributed by atoms with Crippen molar-refractivity contribution in [3.63, 3.8) is 0 Å². The van der Waals surface area contributed by atoms with E-state index < -0.39 is 0 Å². The molecule has 1 aromatic heterocycles. The number of hydrogen-bond donors (Lipinski definition) is 1. The van der Waals surface area contributed by atoms with Crippen molar-refractivity contribution in [2.45, 2.75) is 6.54 Å². The Balaban J connectivity index is 2.10. The van der Waals surface area contributed by atoms with Gasteiger partial charge in [-0.3, -0.25) is 4.98 Å². The predicted molar refractivity (Wildman–Crippen MR) is 81.6 cm³/mol. The molecule has 100 valence electrons. The first-order chi connectivity index (χ1) is 9.81. The summed E-state index contributed by atoms with van der Waals surface area (Å²) in [6, 6.07) is 16.4. The molecule has 0 aliphatic carbocycles. The molecule has 20 heavy (non-hydrogen) atoms. The highest BCUT2D eigenvalue weighted by Crippen LogP contribution is 2.28. The SMILES string of the molecule is COc1ccc(-c2ccc3cccnc3c2)cc1CN. The molecule has 0 radical (unpaired) electrons. The average Bonchev–Trinajstić information content (AvgIpc) is 2.53. The standard InChI is InChI=1S/C17H16N2O/c1-20-17-7-6-13(9-15(17)11-18)14-5-4-12-3-2-8-19-16(12)10-14/h2-10H,11,18H2,1H3. The van der Waals surface area contributed by atoms with Gasteiger partial charge in [0.15, 0.2) is 0 Å². The first kappa shape index (κ1) is 12.6. The summed E-state index contributed by atoms with van der Waals surface area (Å²) in [5.41, 5.74) is 10.0. The third-order valence-electron chi connectivity index (χ3n) is 3.44. The van der Waals surface area contributed by atoms with Gasteiger partial charge in [-0.25, -0.2) is 0 Å². The number of fused-ring (bicyclic) bond motifs is 1. The molecule has 0 atom stereocenters. The molecule has 0 saturated heterocycles. The van der Waals surface area contributed by atoms with Crippen molar-refractivity contribution in [3.8, 4) is 16.9 Å². The number of hydrogen-bond acceptors (Lipinski definition) is 3. The highest BCUT2D eigenvalue weighted by atomic mass is 16.5. The van der Waals surface area contributed by atoms with Gasteiger partial charge in [-0.15, -0.1) is 0 Å². The summed E-state index contributed by atoms with van der Waals surface area (Å²) in [4.78, 5) is 4.39. The molecule has 2 N–H and O–H groups in total. The molecular formula is C17H16N2O. The van der Waals surface area contributed by atoms with Gasteiger partial charge in [-0.2, -0.15) is 0 Å². The van der Waals surface area contributed by atoms with Crippen LogP contribution in [0.15, 0.2) is 54.7 Å². The van der Waals surface area contributed by atoms with Crippen LogP contribution in [0.3, 0.4) is 0 Å². The minimum atomic E-state index is 0.461. The highest BCUT2D eigenvalue weighted by Gasteiger charge is 2.05. The Morgan fingerprint density at radius 3 is 2.65 bits per heavy atom. The van der Waals surface area contributed by atoms with Crippen molar-refractivity contribution >= 4 is 10.9 Å². The van der Waals surface area contributed by atoms with Crippen LogP contribution in [-0.4, -0.2) is 12.1 Å². The van der Waals surface area contributed by atoms with Crippen LogP contribution in [0, 0.1) is 0 Å². The smallest absolute Gasteiger partial charge is 0.123 e. The van der Waals surface area contributed by atoms with Crippen LogP contribution < -0.4 is 10.5 Å². The molecule has 3 rings (SSSR count). The van der Waals surface area contributed by atoms with E-state index in [2.05, 4.69) is 35.3 Å². The van der Waals surface area contributed by atoms with E-state index in [4.69, 9.17) is 10.5 Å². The maximum atomic E-state index is 5.77. The lowest BCUT2D eigenvalue weighted by molar-refractivity contribution is 0.410. The van der Waals surface area contributed by atoms with Crippen molar-refractivity contribution in [1.82, 2.24) is 4.98 Å². The summed E-state index contributed by atoms with van der Waals surface area (Å²) in [5.74, 6) is 0.829. The van der Waals surface area contributed by atoms with Crippen LogP contribution in [0.25, 0.3) is 22.0 Å². The van der Waals surface area contributed by atoms with Gasteiger partial charge in [-0.1, -0.05) is 24.3 Å². The molecule has 3 heteroatoms. The van der Waals surface area contributed by atoms with E-state index in [1.54, 1.807) is 7.11 Å². The Bertz CT molecular complexity index is 753. The van der Waals surface area contributed by atoms with Crippen molar-refractivity contribution in [3.05, 3.63) is 60.3 Å². The number of rotatable bonds is 3. The van der Waals surface area contributed by atoms with Crippen LogP contribution >= 0.6 is 0 Å². The van der Waals surface area contributed by atoms with E-state index in [0.717, 1.165) is 33.3 Å². The molecular weight excluding hydrogens is 248 g/mol. The predicted octanol–water partition coefficient (Wildman–Crippen LogP) is 3.37. The highest BCUT2D eigenvalue weighted by molar-refractivity contribution is 5.84. The Kier molecular flexibility index (Phi) is 3.35. The first-order valence-electron chi connectivity index (χ1n) is 6.54. The van der Waals surface area contributed by atoms with Crippen molar-refractivity contribution < 1.29 is 4.74 Å². The number of nitrogens with zero attached hydrogens (tertiary/aromatic N) is 1. The number of ether oxygens (including phenoxy) is 1. The van der Waals surface area contributed by atoms with Gasteiger partial charge >= 0.3 is 0 Å². The maximum absolute atomic E-state index is 5.77. The number of methoxy groups -OCH3 is 1. The zero-order chi connectivity index (χ0) is 13.9. The Hall–Kier alpha value is -2.39. The van der Waals surface area contributed by atoms with Gasteiger partial charge in [0, 0.05) is 23.7 Å². The molecule has 0 fully saturated rings. The fraction of sp³-hybridized carbons (Fsp3) is 0.118. The normalized spacial score (nSPS) is 10.7. The molecule has 3 nitrogen and oxygen atoms in total. The monoisotopic (exact) mass is 264 g/mol. The fourth-order valence-corrected chi connectivity index (χ4v) is 2.36. The summed E-state index contributed by atoms with van der Waals surface area (Å²) in [6.07, 6.45) is 1.81. The summed E-state index contributed by atoms with van der Waals surface area (Å²) in [6.45, 7) is 0.461.